The van der Waals surface area contributed by atoms with E-state index in [1.807, 2.05) is 17.8 Å². The van der Waals surface area contributed by atoms with Crippen molar-refractivity contribution in [2.75, 3.05) is 11.4 Å². The Morgan fingerprint density at radius 1 is 0.969 bits per heavy atom. The molecule has 160 valence electrons. The molecule has 0 unspecified atom stereocenters. The van der Waals surface area contributed by atoms with E-state index < -0.39 is 0 Å². The second-order valence-electron chi connectivity index (χ2n) is 8.12. The van der Waals surface area contributed by atoms with Gasteiger partial charge in [-0.3, -0.25) is 0 Å². The first-order valence-electron chi connectivity index (χ1n) is 10.7. The summed E-state index contributed by atoms with van der Waals surface area (Å²) >= 11 is 8.73. The van der Waals surface area contributed by atoms with Gasteiger partial charge in [-0.25, -0.2) is 0 Å². The quantitative estimate of drug-likeness (QED) is 0.229. The number of aromatic nitrogens is 1. The van der Waals surface area contributed by atoms with Crippen molar-refractivity contribution in [1.82, 2.24) is 0 Å². The molecule has 32 heavy (non-hydrogen) atoms. The van der Waals surface area contributed by atoms with Gasteiger partial charge in [0.2, 0.25) is 5.52 Å². The van der Waals surface area contributed by atoms with Gasteiger partial charge in [0.15, 0.2) is 6.54 Å². The Kier molecular flexibility index (Phi) is 5.90. The molecule has 0 atom stereocenters. The molecule has 5 heteroatoms. The van der Waals surface area contributed by atoms with E-state index in [1.165, 1.54) is 50.5 Å². The van der Waals surface area contributed by atoms with Crippen molar-refractivity contribution >= 4 is 58.4 Å². The van der Waals surface area contributed by atoms with Crippen LogP contribution in [0.3, 0.4) is 0 Å². The highest BCUT2D eigenvalue weighted by molar-refractivity contribution is 8.03. The van der Waals surface area contributed by atoms with Crippen LogP contribution in [0.1, 0.15) is 23.1 Å². The van der Waals surface area contributed by atoms with Crippen LogP contribution < -0.4 is 9.47 Å². The molecule has 0 radical (unpaired) electrons. The minimum Gasteiger partial charge on any atom is -0.335 e. The van der Waals surface area contributed by atoms with E-state index in [9.17, 15) is 0 Å². The lowest BCUT2D eigenvalue weighted by atomic mass is 10.0. The molecule has 6 rings (SSSR count). The van der Waals surface area contributed by atoms with Crippen molar-refractivity contribution in [2.24, 2.45) is 0 Å². The zero-order chi connectivity index (χ0) is 20.8. The Bertz CT molecular complexity index is 1330. The fourth-order valence-electron chi connectivity index (χ4n) is 4.72. The van der Waals surface area contributed by atoms with Crippen molar-refractivity contribution in [1.29, 1.82) is 0 Å². The van der Waals surface area contributed by atoms with Gasteiger partial charge in [-0.2, -0.15) is 4.57 Å². The molecule has 3 heterocycles. The van der Waals surface area contributed by atoms with Crippen LogP contribution in [0, 0.1) is 0 Å². The lowest BCUT2D eigenvalue weighted by molar-refractivity contribution is -0.660. The maximum Gasteiger partial charge on any atom is 0.276 e. The molecule has 0 aliphatic carbocycles. The third-order valence-corrected chi connectivity index (χ3v) is 7.57. The van der Waals surface area contributed by atoms with Crippen molar-refractivity contribution in [3.05, 3.63) is 106 Å². The minimum atomic E-state index is 0. The molecule has 2 aliphatic rings. The van der Waals surface area contributed by atoms with Crippen LogP contribution in [-0.4, -0.2) is 6.54 Å². The Morgan fingerprint density at radius 2 is 1.78 bits per heavy atom. The molecule has 1 aromatic heterocycles. The first-order valence-corrected chi connectivity index (χ1v) is 11.9. The van der Waals surface area contributed by atoms with Crippen LogP contribution in [0.15, 0.2) is 88.8 Å². The van der Waals surface area contributed by atoms with Crippen molar-refractivity contribution < 1.29 is 4.57 Å². The van der Waals surface area contributed by atoms with Crippen molar-refractivity contribution in [3.8, 4) is 0 Å². The first kappa shape index (κ1) is 21.4. The molecule has 0 amide bonds. The number of hydrogen-bond donors (Lipinski definition) is 0. The Balaban J connectivity index is 0.00000216. The van der Waals surface area contributed by atoms with Crippen LogP contribution in [0.25, 0.3) is 17.0 Å². The summed E-state index contributed by atoms with van der Waals surface area (Å²) in [7, 11) is 0. The molecule has 4 aromatic rings. The number of hydrogen-bond acceptors (Lipinski definition) is 2. The third kappa shape index (κ3) is 3.69. The van der Waals surface area contributed by atoms with Gasteiger partial charge in [-0.05, 0) is 53.8 Å². The molecule has 0 bridgehead atoms. The number of anilines is 1. The lowest BCUT2D eigenvalue weighted by Crippen LogP contribution is -2.36. The van der Waals surface area contributed by atoms with Crippen molar-refractivity contribution in [3.63, 3.8) is 0 Å². The fraction of sp³-hybridized carbons (Fsp3) is 0.148. The Hall–Kier alpha value is -2.46. The average molecular weight is 478 g/mol. The van der Waals surface area contributed by atoms with Crippen LogP contribution >= 0.6 is 35.8 Å². The standard InChI is InChI=1S/C27H22ClN2S.ClH/c28-25-16-21(17-26-29-15-7-11-20-10-6-14-24(31-26)27(20)29)22-12-4-5-13-23(22)30(25)18-19-8-2-1-3-9-19;/h1-6,8-10,12-14,16-17H,7,11,15,18H2;1H/q+1;. The summed E-state index contributed by atoms with van der Waals surface area (Å²) < 4.78 is 2.20. The molecule has 0 fully saturated rings. The topological polar surface area (TPSA) is 7.12 Å². The van der Waals surface area contributed by atoms with Crippen LogP contribution in [-0.2, 0) is 13.0 Å². The number of benzene rings is 3. The zero-order valence-electron chi connectivity index (χ0n) is 17.5. The summed E-state index contributed by atoms with van der Waals surface area (Å²) in [4.78, 5) is 3.86. The highest BCUT2D eigenvalue weighted by atomic mass is 35.5. The van der Waals surface area contributed by atoms with Gasteiger partial charge in [-0.15, -0.1) is 12.4 Å². The maximum absolute atomic E-state index is 6.85. The van der Waals surface area contributed by atoms with E-state index in [0.717, 1.165) is 23.8 Å². The summed E-state index contributed by atoms with van der Waals surface area (Å²) in [5, 5.41) is 3.28. The fourth-order valence-corrected chi connectivity index (χ4v) is 6.18. The Morgan fingerprint density at radius 3 is 2.66 bits per heavy atom. The molecule has 0 N–H and O–H groups in total. The number of para-hydroxylation sites is 2. The summed E-state index contributed by atoms with van der Waals surface area (Å²) in [6.45, 7) is 1.84. The molecule has 2 nitrogen and oxygen atoms in total. The number of nitrogens with zero attached hydrogens (tertiary/aromatic N) is 2. The van der Waals surface area contributed by atoms with E-state index in [4.69, 9.17) is 11.6 Å². The van der Waals surface area contributed by atoms with Gasteiger partial charge in [0.1, 0.15) is 0 Å². The number of halogens is 2. The van der Waals surface area contributed by atoms with Gasteiger partial charge in [0.25, 0.3) is 5.15 Å². The van der Waals surface area contributed by atoms with Gasteiger partial charge < -0.3 is 4.90 Å². The second kappa shape index (κ2) is 8.82. The highest BCUT2D eigenvalue weighted by Gasteiger charge is 2.30. The molecule has 2 aliphatic heterocycles. The summed E-state index contributed by atoms with van der Waals surface area (Å²) in [5.74, 6) is 0. The number of fused-ring (bicyclic) bond motifs is 1. The van der Waals surface area contributed by atoms with Crippen LogP contribution in [0.5, 0.6) is 0 Å². The lowest BCUT2D eigenvalue weighted by Gasteiger charge is -2.27. The predicted octanol–water partition coefficient (Wildman–Crippen LogP) is 7.11. The van der Waals surface area contributed by atoms with Gasteiger partial charge in [0, 0.05) is 29.1 Å². The van der Waals surface area contributed by atoms with Crippen molar-refractivity contribution in [2.45, 2.75) is 24.3 Å². The number of pyridine rings is 1. The van der Waals surface area contributed by atoms with Gasteiger partial charge >= 0.3 is 0 Å². The van der Waals surface area contributed by atoms with Gasteiger partial charge in [-0.1, -0.05) is 66.4 Å². The zero-order valence-corrected chi connectivity index (χ0v) is 19.9. The van der Waals surface area contributed by atoms with Gasteiger partial charge in [0.05, 0.1) is 16.1 Å². The number of rotatable bonds is 3. The molecule has 0 spiro atoms. The molecular weight excluding hydrogens is 455 g/mol. The molecular formula is C27H23Cl2N2S+. The maximum atomic E-state index is 6.85. The molecule has 0 saturated carbocycles. The third-order valence-electron chi connectivity index (χ3n) is 6.16. The molecule has 0 saturated heterocycles. The number of thioether (sulfide) groups is 1. The summed E-state index contributed by atoms with van der Waals surface area (Å²) in [6, 6.07) is 27.9. The normalized spacial score (nSPS) is 15.7. The SMILES string of the molecule is Cl.Clc1cc(/C=C2/Sc3cccc4c3N2CCC4)c2ccccc2[n+]1Cc1ccccc1. The second-order valence-corrected chi connectivity index (χ2v) is 9.56. The smallest absolute Gasteiger partial charge is 0.276 e. The average Bonchev–Trinajstić information content (AvgIpc) is 3.16. The van der Waals surface area contributed by atoms with E-state index in [1.54, 1.807) is 0 Å². The van der Waals surface area contributed by atoms with Crippen LogP contribution in [0.2, 0.25) is 5.15 Å². The summed E-state index contributed by atoms with van der Waals surface area (Å²) in [6.07, 6.45) is 4.69. The predicted molar refractivity (Wildman–Crippen MR) is 138 cm³/mol. The van der Waals surface area contributed by atoms with Crippen LogP contribution in [0.4, 0.5) is 5.69 Å². The number of aryl methyl sites for hydroxylation is 1. The minimum absolute atomic E-state index is 0. The first-order chi connectivity index (χ1) is 15.3. The highest BCUT2D eigenvalue weighted by Crippen LogP contribution is 2.50. The van der Waals surface area contributed by atoms with E-state index in [0.29, 0.717) is 0 Å². The largest absolute Gasteiger partial charge is 0.335 e. The van der Waals surface area contributed by atoms with E-state index in [-0.39, 0.29) is 12.4 Å². The van der Waals surface area contributed by atoms with E-state index >= 15 is 0 Å². The summed E-state index contributed by atoms with van der Waals surface area (Å²) in [5.41, 5.74) is 6.46. The monoisotopic (exact) mass is 477 g/mol. The Labute approximate surface area is 203 Å². The van der Waals surface area contributed by atoms with E-state index in [2.05, 4.69) is 88.3 Å². The molecule has 3 aromatic carbocycles.